The molecule has 1 aliphatic rings. The Kier molecular flexibility index (Phi) is 9.47. The van der Waals surface area contributed by atoms with Crippen LogP contribution in [0.25, 0.3) is 0 Å². The summed E-state index contributed by atoms with van der Waals surface area (Å²) >= 11 is 1.08. The molecule has 3 rings (SSSR count). The summed E-state index contributed by atoms with van der Waals surface area (Å²) in [6.45, 7) is 9.27. The number of nitrogens with zero attached hydrogens (tertiary/aromatic N) is 4. The Bertz CT molecular complexity index is 871. The van der Waals surface area contributed by atoms with Crippen molar-refractivity contribution >= 4 is 28.8 Å². The third-order valence-corrected chi connectivity index (χ3v) is 6.00. The van der Waals surface area contributed by atoms with E-state index in [4.69, 9.17) is 4.74 Å². The Morgan fingerprint density at radius 2 is 1.84 bits per heavy atom. The fourth-order valence-corrected chi connectivity index (χ4v) is 3.94. The second-order valence-corrected chi connectivity index (χ2v) is 8.50. The molecule has 1 fully saturated rings. The monoisotopic (exact) mass is 464 g/mol. The first-order valence-electron chi connectivity index (χ1n) is 10.7. The minimum Gasteiger partial charge on any atom is -0.364 e. The minimum absolute atomic E-state index is 0.0775. The van der Waals surface area contributed by atoms with E-state index in [2.05, 4.69) is 37.6 Å². The summed E-state index contributed by atoms with van der Waals surface area (Å²) in [7, 11) is 0. The first-order chi connectivity index (χ1) is 15.5. The molecule has 1 aliphatic heterocycles. The number of carbonyl (C=O) groups is 2. The number of hydrogen-bond acceptors (Lipinski definition) is 8. The molecular formula is C21H29FN6O3S. The van der Waals surface area contributed by atoms with Gasteiger partial charge < -0.3 is 25.2 Å². The lowest BCUT2D eigenvalue weighted by Crippen LogP contribution is -2.46. The van der Waals surface area contributed by atoms with Crippen LogP contribution in [0.2, 0.25) is 0 Å². The number of hydrogen-bond donors (Lipinski definition) is 2. The number of nitrogens with one attached hydrogen (secondary N) is 2. The van der Waals surface area contributed by atoms with E-state index in [1.165, 1.54) is 24.3 Å². The van der Waals surface area contributed by atoms with Crippen molar-refractivity contribution in [1.29, 1.82) is 0 Å². The summed E-state index contributed by atoms with van der Waals surface area (Å²) in [6, 6.07) is 5.44. The van der Waals surface area contributed by atoms with Gasteiger partial charge in [-0.3, -0.25) is 9.59 Å². The first kappa shape index (κ1) is 24.2. The van der Waals surface area contributed by atoms with E-state index >= 15 is 0 Å². The number of likely N-dealkylation sites (N-methyl/N-ethyl adjacent to an activating group) is 1. The summed E-state index contributed by atoms with van der Waals surface area (Å²) in [5.41, 5.74) is 0.462. The van der Waals surface area contributed by atoms with Crippen molar-refractivity contribution in [3.63, 3.8) is 0 Å². The van der Waals surface area contributed by atoms with Crippen LogP contribution < -0.4 is 10.6 Å². The number of anilines is 1. The first-order valence-corrected chi connectivity index (χ1v) is 11.5. The van der Waals surface area contributed by atoms with E-state index in [1.54, 1.807) is 0 Å². The number of carbonyl (C=O) groups excluding carboxylic acids is 2. The maximum Gasteiger partial charge on any atom is 0.286 e. The Hall–Kier alpha value is -2.47. The van der Waals surface area contributed by atoms with Crippen LogP contribution in [0.15, 0.2) is 24.3 Å². The molecule has 0 saturated carbocycles. The van der Waals surface area contributed by atoms with E-state index in [0.717, 1.165) is 57.0 Å². The van der Waals surface area contributed by atoms with Crippen LogP contribution in [0.1, 0.15) is 28.2 Å². The molecule has 1 aromatic heterocycles. The highest BCUT2D eigenvalue weighted by Gasteiger charge is 2.15. The lowest BCUT2D eigenvalue weighted by Gasteiger charge is -2.33. The van der Waals surface area contributed by atoms with Crippen LogP contribution in [-0.2, 0) is 16.1 Å². The lowest BCUT2D eigenvalue weighted by molar-refractivity contribution is -0.126. The molecule has 1 saturated heterocycles. The molecule has 2 N–H and O–H groups in total. The van der Waals surface area contributed by atoms with Crippen LogP contribution in [0.4, 0.5) is 10.1 Å². The quantitative estimate of drug-likeness (QED) is 0.487. The number of benzene rings is 1. The molecule has 0 spiro atoms. The number of amides is 2. The van der Waals surface area contributed by atoms with Gasteiger partial charge in [-0.05, 0) is 43.8 Å². The van der Waals surface area contributed by atoms with Gasteiger partial charge in [0.2, 0.25) is 10.9 Å². The van der Waals surface area contributed by atoms with Crippen molar-refractivity contribution in [2.75, 3.05) is 57.7 Å². The van der Waals surface area contributed by atoms with E-state index in [9.17, 15) is 14.0 Å². The largest absolute Gasteiger partial charge is 0.364 e. The number of ether oxygens (including phenoxy) is 1. The van der Waals surface area contributed by atoms with Gasteiger partial charge >= 0.3 is 0 Å². The third kappa shape index (κ3) is 7.90. The van der Waals surface area contributed by atoms with Crippen molar-refractivity contribution in [2.24, 2.45) is 0 Å². The molecule has 9 nitrogen and oxygen atoms in total. The molecule has 0 aliphatic carbocycles. The second-order valence-electron chi connectivity index (χ2n) is 7.43. The Morgan fingerprint density at radius 1 is 1.12 bits per heavy atom. The van der Waals surface area contributed by atoms with Crippen molar-refractivity contribution in [1.82, 2.24) is 25.3 Å². The van der Waals surface area contributed by atoms with E-state index < -0.39 is 5.91 Å². The summed E-state index contributed by atoms with van der Waals surface area (Å²) in [5, 5.41) is 13.9. The molecule has 0 unspecified atom stereocenters. The molecular weight excluding hydrogens is 435 g/mol. The molecule has 2 aromatic rings. The highest BCUT2D eigenvalue weighted by atomic mass is 32.1. The van der Waals surface area contributed by atoms with Gasteiger partial charge in [-0.2, -0.15) is 0 Å². The van der Waals surface area contributed by atoms with Gasteiger partial charge in [-0.25, -0.2) is 4.39 Å². The number of piperazine rings is 1. The zero-order valence-corrected chi connectivity index (χ0v) is 19.0. The third-order valence-electron chi connectivity index (χ3n) is 5.11. The average molecular weight is 465 g/mol. The maximum absolute atomic E-state index is 12.9. The number of halogens is 1. The van der Waals surface area contributed by atoms with E-state index in [1.807, 2.05) is 0 Å². The second kappa shape index (κ2) is 12.5. The zero-order chi connectivity index (χ0) is 22.8. The molecule has 1 aromatic carbocycles. The molecule has 11 heteroatoms. The highest BCUT2D eigenvalue weighted by molar-refractivity contribution is 7.13. The van der Waals surface area contributed by atoms with Crippen molar-refractivity contribution < 1.29 is 18.7 Å². The Morgan fingerprint density at radius 3 is 2.56 bits per heavy atom. The van der Waals surface area contributed by atoms with Crippen LogP contribution in [0.3, 0.4) is 0 Å². The number of rotatable bonds is 11. The molecule has 2 amide bonds. The maximum atomic E-state index is 12.9. The van der Waals surface area contributed by atoms with Gasteiger partial charge in [0.1, 0.15) is 24.0 Å². The Balaban J connectivity index is 1.27. The van der Waals surface area contributed by atoms with Gasteiger partial charge in [0, 0.05) is 38.4 Å². The van der Waals surface area contributed by atoms with Crippen LogP contribution in [0, 0.1) is 5.82 Å². The molecule has 0 atom stereocenters. The van der Waals surface area contributed by atoms with Gasteiger partial charge in [-0.15, -0.1) is 10.2 Å². The standard InChI is InChI=1S/C21H29FN6O3S/c1-2-27-10-12-28(13-11-27)9-3-8-23-18(29)14-31-15-19-25-26-21(32-19)20(30)24-17-6-4-16(22)5-7-17/h4-7H,2-3,8-15H2,1H3,(H,23,29)(H,24,30). The zero-order valence-electron chi connectivity index (χ0n) is 18.2. The average Bonchev–Trinajstić information content (AvgIpc) is 3.28. The van der Waals surface area contributed by atoms with Crippen LogP contribution >= 0.6 is 11.3 Å². The van der Waals surface area contributed by atoms with Gasteiger partial charge in [0.15, 0.2) is 0 Å². The molecule has 2 heterocycles. The normalized spacial score (nSPS) is 14.9. The minimum atomic E-state index is -0.436. The SMILES string of the molecule is CCN1CCN(CCCNC(=O)COCc2nnc(C(=O)Nc3ccc(F)cc3)s2)CC1. The van der Waals surface area contributed by atoms with Crippen molar-refractivity contribution in [2.45, 2.75) is 20.0 Å². The number of aromatic nitrogens is 2. The summed E-state index contributed by atoms with van der Waals surface area (Å²) in [6.07, 6.45) is 0.904. The van der Waals surface area contributed by atoms with E-state index in [0.29, 0.717) is 17.2 Å². The predicted octanol–water partition coefficient (Wildman–Crippen LogP) is 1.59. The predicted molar refractivity (Wildman–Crippen MR) is 120 cm³/mol. The van der Waals surface area contributed by atoms with Gasteiger partial charge in [0.25, 0.3) is 5.91 Å². The molecule has 174 valence electrons. The fourth-order valence-electron chi connectivity index (χ4n) is 3.26. The molecule has 0 radical (unpaired) electrons. The molecule has 0 bridgehead atoms. The van der Waals surface area contributed by atoms with Crippen molar-refractivity contribution in [3.05, 3.63) is 40.1 Å². The lowest BCUT2D eigenvalue weighted by atomic mass is 10.3. The van der Waals surface area contributed by atoms with Gasteiger partial charge in [0.05, 0.1) is 0 Å². The van der Waals surface area contributed by atoms with Gasteiger partial charge in [-0.1, -0.05) is 18.3 Å². The summed E-state index contributed by atoms with van der Waals surface area (Å²) in [5.74, 6) is -0.998. The highest BCUT2D eigenvalue weighted by Crippen LogP contribution is 2.14. The van der Waals surface area contributed by atoms with E-state index in [-0.39, 0.29) is 29.9 Å². The smallest absolute Gasteiger partial charge is 0.286 e. The van der Waals surface area contributed by atoms with Crippen LogP contribution in [-0.4, -0.2) is 84.2 Å². The Labute approximate surface area is 190 Å². The van der Waals surface area contributed by atoms with Crippen LogP contribution in [0.5, 0.6) is 0 Å². The topological polar surface area (TPSA) is 99.7 Å². The summed E-state index contributed by atoms with van der Waals surface area (Å²) in [4.78, 5) is 29.0. The van der Waals surface area contributed by atoms with Crippen molar-refractivity contribution in [3.8, 4) is 0 Å². The summed E-state index contributed by atoms with van der Waals surface area (Å²) < 4.78 is 18.3. The molecule has 32 heavy (non-hydrogen) atoms. The fraction of sp³-hybridized carbons (Fsp3) is 0.524.